The van der Waals surface area contributed by atoms with Gasteiger partial charge in [0.2, 0.25) is 0 Å². The first kappa shape index (κ1) is 65.7. The zero-order valence-electron chi connectivity index (χ0n) is 42.1. The molecule has 0 unspecified atom stereocenters. The number of hydrogen-bond donors (Lipinski definition) is 2. The van der Waals surface area contributed by atoms with E-state index in [2.05, 4.69) is 0 Å². The van der Waals surface area contributed by atoms with Crippen LogP contribution in [-0.2, 0) is 39.6 Å². The molecule has 0 amide bonds. The van der Waals surface area contributed by atoms with Crippen LogP contribution in [0.4, 0.5) is 0 Å². The molecule has 0 radical (unpaired) electrons. The van der Waals surface area contributed by atoms with Crippen molar-refractivity contribution in [2.24, 2.45) is 0 Å². The lowest BCUT2D eigenvalue weighted by Gasteiger charge is -2.28. The molecule has 0 aliphatic rings. The van der Waals surface area contributed by atoms with Gasteiger partial charge in [-0.1, -0.05) is 184 Å². The average molecular weight is 843 g/mol. The van der Waals surface area contributed by atoms with Crippen molar-refractivity contribution in [3.63, 3.8) is 0 Å². The maximum atomic E-state index is 10.8. The van der Waals surface area contributed by atoms with Crippen molar-refractivity contribution in [1.29, 1.82) is 0 Å². The maximum Gasteiger partial charge on any atom is 0.161 e. The molecule has 0 bridgehead atoms. The molecule has 0 spiro atoms. The Morgan fingerprint density at radius 1 is 0.333 bits per heavy atom. The number of ether oxygens (including phenoxy) is 6. The van der Waals surface area contributed by atoms with Crippen LogP contribution >= 0.6 is 0 Å². The highest BCUT2D eigenvalue weighted by molar-refractivity contribution is 5.36. The summed E-state index contributed by atoms with van der Waals surface area (Å²) >= 11 is 0. The first-order valence-electron chi connectivity index (χ1n) is 21.3. The highest BCUT2D eigenvalue weighted by atomic mass is 16.7. The molecule has 60 heavy (non-hydrogen) atoms. The van der Waals surface area contributed by atoms with E-state index in [1.54, 1.807) is 42.7 Å². The van der Waals surface area contributed by atoms with Gasteiger partial charge in [-0.2, -0.15) is 0 Å². The van der Waals surface area contributed by atoms with Crippen molar-refractivity contribution in [1.82, 2.24) is 0 Å². The molecule has 8 heteroatoms. The van der Waals surface area contributed by atoms with Crippen molar-refractivity contribution in [2.45, 2.75) is 146 Å². The fraction of sp³-hybridized carbons (Fsp3) is 0.538. The van der Waals surface area contributed by atoms with Crippen molar-refractivity contribution in [2.75, 3.05) is 42.7 Å². The quantitative estimate of drug-likeness (QED) is 0.144. The second-order valence-electron chi connectivity index (χ2n) is 13.2. The summed E-state index contributed by atoms with van der Waals surface area (Å²) in [5.74, 6) is -1.25. The Morgan fingerprint density at radius 2 is 0.500 bits per heavy atom. The van der Waals surface area contributed by atoms with Gasteiger partial charge >= 0.3 is 0 Å². The van der Waals surface area contributed by atoms with Crippen LogP contribution in [0, 0.1) is 0 Å². The first-order valence-corrected chi connectivity index (χ1v) is 21.3. The van der Waals surface area contributed by atoms with Crippen LogP contribution < -0.4 is 0 Å². The van der Waals surface area contributed by atoms with Crippen LogP contribution in [0.25, 0.3) is 0 Å². The van der Waals surface area contributed by atoms with Crippen molar-refractivity contribution >= 4 is 0 Å². The molecule has 4 aromatic carbocycles. The summed E-state index contributed by atoms with van der Waals surface area (Å²) in [6, 6.07) is 39.0. The summed E-state index contributed by atoms with van der Waals surface area (Å²) in [7, 11) is 9.69. The second kappa shape index (κ2) is 38.5. The molecule has 346 valence electrons. The van der Waals surface area contributed by atoms with E-state index in [0.29, 0.717) is 6.42 Å². The number of benzene rings is 4. The van der Waals surface area contributed by atoms with Gasteiger partial charge in [-0.3, -0.25) is 0 Å². The normalized spacial score (nSPS) is 10.5. The topological polar surface area (TPSA) is 95.8 Å². The van der Waals surface area contributed by atoms with Gasteiger partial charge in [0, 0.05) is 42.7 Å². The molecule has 0 aromatic heterocycles. The molecule has 0 saturated carbocycles. The Kier molecular flexibility index (Phi) is 42.1. The van der Waals surface area contributed by atoms with Gasteiger partial charge in [-0.05, 0) is 77.1 Å². The zero-order chi connectivity index (χ0) is 47.9. The SMILES string of the molecule is CC.CC.CC.CC.CC(O)(c1ccccc1)c1ccccc1.CCC(O)(c1ccccc1)c1ccccc1.COC(C)(C)OC.COC(C)(C)OC.COC(C)(C)OC. The van der Waals surface area contributed by atoms with E-state index >= 15 is 0 Å². The third-order valence-corrected chi connectivity index (χ3v) is 8.64. The molecule has 8 nitrogen and oxygen atoms in total. The van der Waals surface area contributed by atoms with Gasteiger partial charge in [-0.25, -0.2) is 0 Å². The molecular formula is C52H90O8. The molecule has 0 atom stereocenters. The third kappa shape index (κ3) is 28.9. The highest BCUT2D eigenvalue weighted by Crippen LogP contribution is 2.32. The summed E-state index contributed by atoms with van der Waals surface area (Å²) in [5, 5.41) is 21.2. The van der Waals surface area contributed by atoms with Gasteiger partial charge in [0.05, 0.1) is 0 Å². The van der Waals surface area contributed by atoms with Crippen LogP contribution in [0.2, 0.25) is 0 Å². The van der Waals surface area contributed by atoms with Crippen molar-refractivity contribution in [3.05, 3.63) is 144 Å². The number of hydrogen-bond acceptors (Lipinski definition) is 8. The van der Waals surface area contributed by atoms with Gasteiger partial charge in [-0.15, -0.1) is 0 Å². The fourth-order valence-corrected chi connectivity index (χ4v) is 3.94. The smallest absolute Gasteiger partial charge is 0.161 e. The van der Waals surface area contributed by atoms with E-state index in [1.807, 2.05) is 232 Å². The molecule has 0 aliphatic carbocycles. The lowest BCUT2D eigenvalue weighted by atomic mass is 9.84. The summed E-state index contributed by atoms with van der Waals surface area (Å²) in [6.07, 6.45) is 0.668. The minimum Gasteiger partial charge on any atom is -0.381 e. The Labute approximate surface area is 369 Å². The zero-order valence-corrected chi connectivity index (χ0v) is 42.1. The molecule has 4 aromatic rings. The minimum absolute atomic E-state index is 0.417. The van der Waals surface area contributed by atoms with E-state index in [0.717, 1.165) is 22.3 Å². The maximum absolute atomic E-state index is 10.8. The van der Waals surface area contributed by atoms with E-state index < -0.39 is 28.6 Å². The van der Waals surface area contributed by atoms with E-state index in [1.165, 1.54) is 0 Å². The van der Waals surface area contributed by atoms with Crippen LogP contribution in [0.1, 0.15) is 139 Å². The van der Waals surface area contributed by atoms with Crippen molar-refractivity contribution < 1.29 is 38.6 Å². The van der Waals surface area contributed by atoms with Gasteiger partial charge in [0.1, 0.15) is 11.2 Å². The molecule has 2 N–H and O–H groups in total. The van der Waals surface area contributed by atoms with Crippen LogP contribution in [-0.4, -0.2) is 70.2 Å². The molecule has 4 rings (SSSR count). The third-order valence-electron chi connectivity index (χ3n) is 8.64. The Morgan fingerprint density at radius 3 is 0.633 bits per heavy atom. The molecule has 0 saturated heterocycles. The standard InChI is InChI=1S/C15H16O.C14H14O.3C5H12O2.4C2H6/c1-2-15(16,13-9-5-3-6-10-13)14-11-7-4-8-12-14;1-14(15,12-8-4-2-5-9-12)13-10-6-3-7-11-13;3*1-5(2,6-3)7-4;4*1-2/h3-12,16H,2H2,1H3;2-11,15H,1H3;3*1-4H3;4*1-2H3. The molecule has 0 heterocycles. The lowest BCUT2D eigenvalue weighted by molar-refractivity contribution is -0.179. The van der Waals surface area contributed by atoms with Gasteiger partial charge < -0.3 is 38.6 Å². The highest BCUT2D eigenvalue weighted by Gasteiger charge is 2.28. The van der Waals surface area contributed by atoms with Crippen LogP contribution in [0.15, 0.2) is 121 Å². The monoisotopic (exact) mass is 843 g/mol. The molecule has 0 aliphatic heterocycles. The number of aliphatic hydroxyl groups is 2. The van der Waals surface area contributed by atoms with Crippen LogP contribution in [0.3, 0.4) is 0 Å². The number of rotatable bonds is 11. The lowest BCUT2D eigenvalue weighted by Crippen LogP contribution is -2.25. The first-order chi connectivity index (χ1) is 28.3. The van der Waals surface area contributed by atoms with E-state index in [-0.39, 0.29) is 0 Å². The molecule has 0 fully saturated rings. The second-order valence-corrected chi connectivity index (χ2v) is 13.2. The summed E-state index contributed by atoms with van der Waals surface area (Å²) in [6.45, 7) is 30.9. The fourth-order valence-electron chi connectivity index (χ4n) is 3.94. The van der Waals surface area contributed by atoms with Crippen LogP contribution in [0.5, 0.6) is 0 Å². The van der Waals surface area contributed by atoms with Gasteiger partial charge in [0.25, 0.3) is 0 Å². The summed E-state index contributed by atoms with van der Waals surface area (Å²) in [5.41, 5.74) is 1.94. The largest absolute Gasteiger partial charge is 0.381 e. The predicted octanol–water partition coefficient (Wildman–Crippen LogP) is 13.4. The van der Waals surface area contributed by atoms with E-state index in [9.17, 15) is 10.2 Å². The average Bonchev–Trinajstić information content (AvgIpc) is 3.33. The Hall–Kier alpha value is -3.44. The Balaban J connectivity index is -0.000000211. The molecular weight excluding hydrogens is 753 g/mol. The predicted molar refractivity (Wildman–Crippen MR) is 257 cm³/mol. The van der Waals surface area contributed by atoms with Crippen molar-refractivity contribution in [3.8, 4) is 0 Å². The van der Waals surface area contributed by atoms with E-state index in [4.69, 9.17) is 28.4 Å². The summed E-state index contributed by atoms with van der Waals surface area (Å²) in [4.78, 5) is 0. The van der Waals surface area contributed by atoms with Gasteiger partial charge in [0.15, 0.2) is 17.4 Å². The summed E-state index contributed by atoms with van der Waals surface area (Å²) < 4.78 is 29.2. The Bertz CT molecular complexity index is 1290. The number of methoxy groups -OCH3 is 6. The minimum atomic E-state index is -0.914.